The minimum Gasteiger partial charge on any atom is -0.243 e. The number of aromatic nitrogens is 3. The molecule has 0 aliphatic heterocycles. The van der Waals surface area contributed by atoms with Crippen LogP contribution < -0.4 is 0 Å². The molecule has 68 valence electrons. The Balaban J connectivity index is 2.84. The third-order valence-electron chi connectivity index (χ3n) is 1.64. The molecule has 0 amide bonds. The third kappa shape index (κ3) is 2.10. The third-order valence-corrected chi connectivity index (χ3v) is 6.88. The van der Waals surface area contributed by atoms with Crippen LogP contribution in [0, 0.1) is 0 Å². The van der Waals surface area contributed by atoms with Crippen molar-refractivity contribution in [3.05, 3.63) is 12.7 Å². The lowest BCUT2D eigenvalue weighted by atomic mass is 11.2. The molecule has 0 bridgehead atoms. The van der Waals surface area contributed by atoms with Gasteiger partial charge in [-0.2, -0.15) is 5.10 Å². The summed E-state index contributed by atoms with van der Waals surface area (Å²) in [5.74, 6) is 0. The molecule has 0 aliphatic rings. The van der Waals surface area contributed by atoms with Gasteiger partial charge in [-0.15, -0.1) is 11.8 Å². The molecule has 0 spiro atoms. The van der Waals surface area contributed by atoms with Gasteiger partial charge in [0, 0.05) is 0 Å². The first-order valence-corrected chi connectivity index (χ1v) is 8.79. The number of thioether (sulfide) groups is 1. The zero-order valence-corrected chi connectivity index (χ0v) is 9.80. The predicted octanol–water partition coefficient (Wildman–Crippen LogP) is 2.02. The molecule has 1 heterocycles. The summed E-state index contributed by atoms with van der Waals surface area (Å²) in [5.41, 5.74) is 0. The molecule has 3 nitrogen and oxygen atoms in total. The second kappa shape index (κ2) is 3.61. The van der Waals surface area contributed by atoms with E-state index in [4.69, 9.17) is 0 Å². The number of nitrogens with zero attached hydrogens (tertiary/aromatic N) is 3. The van der Waals surface area contributed by atoms with E-state index in [-0.39, 0.29) is 0 Å². The summed E-state index contributed by atoms with van der Waals surface area (Å²) in [6.45, 7) is 7.03. The highest BCUT2D eigenvalue weighted by molar-refractivity contribution is 8.00. The van der Waals surface area contributed by atoms with E-state index >= 15 is 0 Å². The maximum absolute atomic E-state index is 4.17. The van der Waals surface area contributed by atoms with Crippen molar-refractivity contribution in [1.29, 1.82) is 0 Å². The minimum absolute atomic E-state index is 0.500. The number of hydrogen-bond acceptors (Lipinski definition) is 3. The van der Waals surface area contributed by atoms with Crippen molar-refractivity contribution in [2.45, 2.75) is 24.6 Å². The van der Waals surface area contributed by atoms with Crippen LogP contribution >= 0.6 is 11.8 Å². The summed E-state index contributed by atoms with van der Waals surface area (Å²) in [6.07, 6.45) is 5.54. The van der Waals surface area contributed by atoms with Gasteiger partial charge in [0.1, 0.15) is 12.7 Å². The summed E-state index contributed by atoms with van der Waals surface area (Å²) in [6, 6.07) is 0. The molecule has 1 aromatic rings. The Morgan fingerprint density at radius 3 is 2.42 bits per heavy atom. The van der Waals surface area contributed by atoms with Crippen molar-refractivity contribution in [1.82, 2.24) is 14.8 Å². The normalized spacial score (nSPS) is 14.7. The van der Waals surface area contributed by atoms with E-state index in [9.17, 15) is 0 Å². The van der Waals surface area contributed by atoms with Crippen LogP contribution in [0.2, 0.25) is 19.6 Å². The van der Waals surface area contributed by atoms with Crippen LogP contribution in [0.5, 0.6) is 0 Å². The molecule has 0 N–H and O–H groups in total. The first-order chi connectivity index (χ1) is 5.55. The van der Waals surface area contributed by atoms with E-state index in [1.54, 1.807) is 12.7 Å². The fourth-order valence-electron chi connectivity index (χ4n) is 1.20. The summed E-state index contributed by atoms with van der Waals surface area (Å²) in [7, 11) is -1.17. The molecule has 0 saturated heterocycles. The molecule has 1 unspecified atom stereocenters. The van der Waals surface area contributed by atoms with Gasteiger partial charge in [0.2, 0.25) is 0 Å². The van der Waals surface area contributed by atoms with Gasteiger partial charge < -0.3 is 0 Å². The maximum atomic E-state index is 4.17. The molecule has 0 saturated carbocycles. The monoisotopic (exact) mass is 201 g/mol. The van der Waals surface area contributed by atoms with Gasteiger partial charge in [0.05, 0.1) is 13.1 Å². The molecule has 12 heavy (non-hydrogen) atoms. The highest BCUT2D eigenvalue weighted by Crippen LogP contribution is 2.29. The van der Waals surface area contributed by atoms with Gasteiger partial charge >= 0.3 is 0 Å². The Labute approximate surface area is 78.6 Å². The van der Waals surface area contributed by atoms with E-state index in [0.29, 0.717) is 5.00 Å². The lowest BCUT2D eigenvalue weighted by Crippen LogP contribution is -2.33. The van der Waals surface area contributed by atoms with Crippen LogP contribution in [0.3, 0.4) is 0 Å². The maximum Gasteiger partial charge on any atom is 0.137 e. The Morgan fingerprint density at radius 1 is 1.42 bits per heavy atom. The fraction of sp³-hybridized carbons (Fsp3) is 0.714. The smallest absolute Gasteiger partial charge is 0.137 e. The molecular weight excluding hydrogens is 186 g/mol. The lowest BCUT2D eigenvalue weighted by Gasteiger charge is -2.26. The molecule has 1 aromatic heterocycles. The summed E-state index contributed by atoms with van der Waals surface area (Å²) in [4.78, 5) is 4.47. The van der Waals surface area contributed by atoms with Crippen LogP contribution in [0.15, 0.2) is 12.7 Å². The van der Waals surface area contributed by atoms with Gasteiger partial charge in [-0.3, -0.25) is 0 Å². The minimum atomic E-state index is -1.17. The zero-order valence-electron chi connectivity index (χ0n) is 7.98. The standard InChI is InChI=1S/C7H15N3SSi/c1-11-7(12(2,3)4)10-6-8-5-9-10/h5-7H,1-4H3. The zero-order chi connectivity index (χ0) is 9.19. The SMILES string of the molecule is CSC(n1cncn1)[Si](C)(C)C. The fourth-order valence-corrected chi connectivity index (χ4v) is 5.28. The molecular formula is C7H15N3SSi. The molecule has 5 heteroatoms. The predicted molar refractivity (Wildman–Crippen MR) is 55.9 cm³/mol. The Hall–Kier alpha value is -0.293. The summed E-state index contributed by atoms with van der Waals surface area (Å²) in [5, 5.41) is 4.17. The van der Waals surface area contributed by atoms with Gasteiger partial charge in [0.15, 0.2) is 0 Å². The van der Waals surface area contributed by atoms with Crippen molar-refractivity contribution in [2.24, 2.45) is 0 Å². The van der Waals surface area contributed by atoms with Crippen LogP contribution in [-0.2, 0) is 0 Å². The molecule has 0 aliphatic carbocycles. The van der Waals surface area contributed by atoms with Crippen LogP contribution in [-0.4, -0.2) is 29.1 Å². The summed E-state index contributed by atoms with van der Waals surface area (Å²) < 4.78 is 1.97. The van der Waals surface area contributed by atoms with Crippen LogP contribution in [0.25, 0.3) is 0 Å². The van der Waals surface area contributed by atoms with Crippen molar-refractivity contribution in [3.8, 4) is 0 Å². The average molecular weight is 201 g/mol. The Kier molecular flexibility index (Phi) is 2.95. The molecule has 0 fully saturated rings. The van der Waals surface area contributed by atoms with Gasteiger partial charge in [-0.25, -0.2) is 9.67 Å². The quantitative estimate of drug-likeness (QED) is 0.701. The molecule has 1 atom stereocenters. The Morgan fingerprint density at radius 2 is 2.08 bits per heavy atom. The number of rotatable bonds is 3. The van der Waals surface area contributed by atoms with E-state index in [1.807, 2.05) is 16.4 Å². The van der Waals surface area contributed by atoms with Crippen LogP contribution in [0.1, 0.15) is 5.00 Å². The van der Waals surface area contributed by atoms with E-state index < -0.39 is 8.07 Å². The average Bonchev–Trinajstić information content (AvgIpc) is 2.38. The lowest BCUT2D eigenvalue weighted by molar-refractivity contribution is 0.709. The Bertz CT molecular complexity index is 229. The summed E-state index contributed by atoms with van der Waals surface area (Å²) >= 11 is 1.86. The van der Waals surface area contributed by atoms with Crippen LogP contribution in [0.4, 0.5) is 0 Å². The molecule has 0 aromatic carbocycles. The highest BCUT2D eigenvalue weighted by Gasteiger charge is 2.27. The van der Waals surface area contributed by atoms with Crippen molar-refractivity contribution in [2.75, 3.05) is 6.26 Å². The van der Waals surface area contributed by atoms with Gasteiger partial charge in [0.25, 0.3) is 0 Å². The second-order valence-electron chi connectivity index (χ2n) is 3.83. The van der Waals surface area contributed by atoms with Gasteiger partial charge in [-0.1, -0.05) is 19.6 Å². The second-order valence-corrected chi connectivity index (χ2v) is 10.4. The van der Waals surface area contributed by atoms with Crippen molar-refractivity contribution < 1.29 is 0 Å². The number of hydrogen-bond donors (Lipinski definition) is 0. The first-order valence-electron chi connectivity index (χ1n) is 3.92. The molecule has 0 radical (unpaired) electrons. The van der Waals surface area contributed by atoms with Crippen molar-refractivity contribution in [3.63, 3.8) is 0 Å². The molecule has 1 rings (SSSR count). The van der Waals surface area contributed by atoms with E-state index in [2.05, 4.69) is 36.0 Å². The first kappa shape index (κ1) is 9.79. The van der Waals surface area contributed by atoms with Crippen molar-refractivity contribution >= 4 is 19.8 Å². The highest BCUT2D eigenvalue weighted by atomic mass is 32.2. The van der Waals surface area contributed by atoms with E-state index in [1.165, 1.54) is 0 Å². The largest absolute Gasteiger partial charge is 0.243 e. The van der Waals surface area contributed by atoms with Gasteiger partial charge in [-0.05, 0) is 6.26 Å². The van der Waals surface area contributed by atoms with E-state index in [0.717, 1.165) is 0 Å². The topological polar surface area (TPSA) is 30.7 Å².